The van der Waals surface area contributed by atoms with Crippen molar-refractivity contribution in [2.24, 2.45) is 0 Å². The molecule has 1 heterocycles. The standard InChI is InChI=1S/C8H10N2S/c1-3-4-5-9-8-10-7(2)6-11-8/h1,6H,4-5H2,2H3,(H,9,10). The molecule has 0 atom stereocenters. The number of aryl methyl sites for hydroxylation is 1. The third-order valence-corrected chi connectivity index (χ3v) is 2.08. The van der Waals surface area contributed by atoms with Gasteiger partial charge in [-0.25, -0.2) is 4.98 Å². The van der Waals surface area contributed by atoms with Crippen molar-refractivity contribution in [2.45, 2.75) is 13.3 Å². The molecule has 0 saturated carbocycles. The molecule has 1 aromatic rings. The van der Waals surface area contributed by atoms with Crippen LogP contribution in [0.3, 0.4) is 0 Å². The average Bonchev–Trinajstić information content (AvgIpc) is 2.37. The maximum absolute atomic E-state index is 5.09. The molecule has 3 heteroatoms. The summed E-state index contributed by atoms with van der Waals surface area (Å²) in [5.41, 5.74) is 1.05. The molecule has 0 spiro atoms. The van der Waals surface area contributed by atoms with E-state index in [-0.39, 0.29) is 0 Å². The number of hydrogen-bond donors (Lipinski definition) is 1. The van der Waals surface area contributed by atoms with Crippen molar-refractivity contribution >= 4 is 16.5 Å². The highest BCUT2D eigenvalue weighted by Gasteiger charge is 1.94. The lowest BCUT2D eigenvalue weighted by molar-refractivity contribution is 1.08. The van der Waals surface area contributed by atoms with E-state index in [4.69, 9.17) is 6.42 Å². The first-order valence-electron chi connectivity index (χ1n) is 3.42. The van der Waals surface area contributed by atoms with Crippen molar-refractivity contribution in [3.8, 4) is 12.3 Å². The zero-order valence-corrected chi connectivity index (χ0v) is 7.24. The van der Waals surface area contributed by atoms with Crippen molar-refractivity contribution in [1.82, 2.24) is 4.98 Å². The normalized spacial score (nSPS) is 9.09. The van der Waals surface area contributed by atoms with Crippen LogP contribution in [0.4, 0.5) is 5.13 Å². The van der Waals surface area contributed by atoms with Gasteiger partial charge in [0.05, 0.1) is 5.69 Å². The van der Waals surface area contributed by atoms with Crippen LogP contribution in [0.25, 0.3) is 0 Å². The fraction of sp³-hybridized carbons (Fsp3) is 0.375. The van der Waals surface area contributed by atoms with Gasteiger partial charge in [0.1, 0.15) is 0 Å². The lowest BCUT2D eigenvalue weighted by Gasteiger charge is -1.95. The van der Waals surface area contributed by atoms with E-state index in [2.05, 4.69) is 16.2 Å². The first kappa shape index (κ1) is 8.09. The predicted octanol–water partition coefficient (Wildman–Crippen LogP) is 1.89. The van der Waals surface area contributed by atoms with E-state index in [1.54, 1.807) is 11.3 Å². The second-order valence-corrected chi connectivity index (χ2v) is 3.03. The minimum Gasteiger partial charge on any atom is -0.361 e. The van der Waals surface area contributed by atoms with E-state index < -0.39 is 0 Å². The van der Waals surface area contributed by atoms with Gasteiger partial charge >= 0.3 is 0 Å². The van der Waals surface area contributed by atoms with E-state index in [0.29, 0.717) is 0 Å². The lowest BCUT2D eigenvalue weighted by atomic mass is 10.4. The first-order chi connectivity index (χ1) is 5.33. The molecule has 58 valence electrons. The zero-order chi connectivity index (χ0) is 8.10. The number of thiazole rings is 1. The molecule has 11 heavy (non-hydrogen) atoms. The lowest BCUT2D eigenvalue weighted by Crippen LogP contribution is -1.99. The highest BCUT2D eigenvalue weighted by atomic mass is 32.1. The van der Waals surface area contributed by atoms with Gasteiger partial charge in [-0.05, 0) is 6.92 Å². The number of aromatic nitrogens is 1. The van der Waals surface area contributed by atoms with Gasteiger partial charge in [-0.3, -0.25) is 0 Å². The number of nitrogens with one attached hydrogen (secondary N) is 1. The SMILES string of the molecule is C#CCCNc1nc(C)cs1. The minimum atomic E-state index is 0.749. The zero-order valence-electron chi connectivity index (χ0n) is 6.42. The Morgan fingerprint density at radius 2 is 2.64 bits per heavy atom. The summed E-state index contributed by atoms with van der Waals surface area (Å²) in [6, 6.07) is 0. The Morgan fingerprint density at radius 1 is 1.82 bits per heavy atom. The topological polar surface area (TPSA) is 24.9 Å². The molecule has 0 aliphatic heterocycles. The fourth-order valence-corrected chi connectivity index (χ4v) is 1.39. The van der Waals surface area contributed by atoms with Crippen molar-refractivity contribution in [2.75, 3.05) is 11.9 Å². The van der Waals surface area contributed by atoms with Gasteiger partial charge in [0.2, 0.25) is 0 Å². The van der Waals surface area contributed by atoms with E-state index in [0.717, 1.165) is 23.8 Å². The predicted molar refractivity (Wildman–Crippen MR) is 48.8 cm³/mol. The summed E-state index contributed by atoms with van der Waals surface area (Å²) in [4.78, 5) is 4.22. The molecule has 0 amide bonds. The summed E-state index contributed by atoms with van der Waals surface area (Å²) >= 11 is 1.61. The molecular formula is C8H10N2S. The molecule has 1 N–H and O–H groups in total. The van der Waals surface area contributed by atoms with E-state index in [1.807, 2.05) is 12.3 Å². The van der Waals surface area contributed by atoms with Crippen LogP contribution in [0.1, 0.15) is 12.1 Å². The van der Waals surface area contributed by atoms with E-state index in [1.165, 1.54) is 0 Å². The molecule has 0 saturated heterocycles. The van der Waals surface area contributed by atoms with Gasteiger partial charge in [-0.1, -0.05) is 0 Å². The average molecular weight is 166 g/mol. The van der Waals surface area contributed by atoms with Crippen LogP contribution in [0.2, 0.25) is 0 Å². The van der Waals surface area contributed by atoms with Crippen LogP contribution in [0, 0.1) is 19.3 Å². The minimum absolute atomic E-state index is 0.749. The highest BCUT2D eigenvalue weighted by Crippen LogP contribution is 2.13. The largest absolute Gasteiger partial charge is 0.361 e. The van der Waals surface area contributed by atoms with Crippen LogP contribution in [-0.2, 0) is 0 Å². The Labute approximate surface area is 70.7 Å². The molecule has 1 aromatic heterocycles. The summed E-state index contributed by atoms with van der Waals surface area (Å²) < 4.78 is 0. The summed E-state index contributed by atoms with van der Waals surface area (Å²) in [7, 11) is 0. The number of terminal acetylenes is 1. The number of anilines is 1. The van der Waals surface area contributed by atoms with Gasteiger partial charge < -0.3 is 5.32 Å². The van der Waals surface area contributed by atoms with Crippen molar-refractivity contribution in [3.63, 3.8) is 0 Å². The van der Waals surface area contributed by atoms with Gasteiger partial charge in [-0.2, -0.15) is 0 Å². The summed E-state index contributed by atoms with van der Waals surface area (Å²) in [6.45, 7) is 2.78. The van der Waals surface area contributed by atoms with Crippen LogP contribution in [0.5, 0.6) is 0 Å². The second kappa shape index (κ2) is 3.99. The van der Waals surface area contributed by atoms with Crippen LogP contribution in [-0.4, -0.2) is 11.5 Å². The molecule has 2 nitrogen and oxygen atoms in total. The molecule has 0 unspecified atom stereocenters. The fourth-order valence-electron chi connectivity index (χ4n) is 0.677. The molecule has 0 aromatic carbocycles. The molecule has 0 bridgehead atoms. The Hall–Kier alpha value is -1.01. The monoisotopic (exact) mass is 166 g/mol. The first-order valence-corrected chi connectivity index (χ1v) is 4.30. The number of hydrogen-bond acceptors (Lipinski definition) is 3. The summed E-state index contributed by atoms with van der Waals surface area (Å²) in [5.74, 6) is 2.56. The number of nitrogens with zero attached hydrogens (tertiary/aromatic N) is 1. The van der Waals surface area contributed by atoms with Crippen LogP contribution >= 0.6 is 11.3 Å². The van der Waals surface area contributed by atoms with Gasteiger partial charge in [-0.15, -0.1) is 23.7 Å². The van der Waals surface area contributed by atoms with Crippen molar-refractivity contribution in [3.05, 3.63) is 11.1 Å². The summed E-state index contributed by atoms with van der Waals surface area (Å²) in [6.07, 6.45) is 5.84. The highest BCUT2D eigenvalue weighted by molar-refractivity contribution is 7.13. The second-order valence-electron chi connectivity index (χ2n) is 2.17. The van der Waals surface area contributed by atoms with E-state index >= 15 is 0 Å². The van der Waals surface area contributed by atoms with Crippen molar-refractivity contribution in [1.29, 1.82) is 0 Å². The maximum atomic E-state index is 5.09. The van der Waals surface area contributed by atoms with E-state index in [9.17, 15) is 0 Å². The van der Waals surface area contributed by atoms with Crippen LogP contribution < -0.4 is 5.32 Å². The van der Waals surface area contributed by atoms with Gasteiger partial charge in [0.15, 0.2) is 5.13 Å². The molecular weight excluding hydrogens is 156 g/mol. The van der Waals surface area contributed by atoms with Gasteiger partial charge in [0, 0.05) is 18.3 Å². The molecule has 0 fully saturated rings. The Kier molecular flexibility index (Phi) is 2.94. The summed E-state index contributed by atoms with van der Waals surface area (Å²) in [5, 5.41) is 6.10. The maximum Gasteiger partial charge on any atom is 0.182 e. The number of rotatable bonds is 3. The molecule has 0 radical (unpaired) electrons. The van der Waals surface area contributed by atoms with Crippen molar-refractivity contribution < 1.29 is 0 Å². The molecule has 1 rings (SSSR count). The Morgan fingerprint density at radius 3 is 3.18 bits per heavy atom. The van der Waals surface area contributed by atoms with Gasteiger partial charge in [0.25, 0.3) is 0 Å². The molecule has 0 aliphatic carbocycles. The quantitative estimate of drug-likeness (QED) is 0.548. The Bertz CT molecular complexity index is 259. The smallest absolute Gasteiger partial charge is 0.182 e. The third kappa shape index (κ3) is 2.60. The molecule has 0 aliphatic rings. The van der Waals surface area contributed by atoms with Crippen LogP contribution in [0.15, 0.2) is 5.38 Å². The third-order valence-electron chi connectivity index (χ3n) is 1.16. The Balaban J connectivity index is 2.34.